The molecular formula is C13H13N3O4S. The van der Waals surface area contributed by atoms with Crippen molar-refractivity contribution in [2.24, 2.45) is 0 Å². The van der Waals surface area contributed by atoms with Gasteiger partial charge >= 0.3 is 0 Å². The summed E-state index contributed by atoms with van der Waals surface area (Å²) in [5.41, 5.74) is 0.539. The Morgan fingerprint density at radius 1 is 1.43 bits per heavy atom. The quantitative estimate of drug-likeness (QED) is 0.509. The van der Waals surface area contributed by atoms with Gasteiger partial charge < -0.3 is 10.1 Å². The number of aromatic amines is 1. The first kappa shape index (κ1) is 15.2. The highest BCUT2D eigenvalue weighted by molar-refractivity contribution is 7.99. The molecule has 0 fully saturated rings. The first-order chi connectivity index (χ1) is 9.86. The fraction of sp³-hybridized carbons (Fsp3) is 0.231. The summed E-state index contributed by atoms with van der Waals surface area (Å²) in [5.74, 6) is 0. The van der Waals surface area contributed by atoms with Crippen molar-refractivity contribution < 1.29 is 10.0 Å². The molecule has 0 aliphatic heterocycles. The molecule has 0 aliphatic rings. The molecule has 2 aromatic rings. The van der Waals surface area contributed by atoms with E-state index in [2.05, 4.69) is 9.97 Å². The molecule has 1 heterocycles. The van der Waals surface area contributed by atoms with Gasteiger partial charge in [-0.1, -0.05) is 6.07 Å². The molecule has 2 rings (SSSR count). The highest BCUT2D eigenvalue weighted by atomic mass is 32.2. The van der Waals surface area contributed by atoms with E-state index in [1.807, 2.05) is 0 Å². The van der Waals surface area contributed by atoms with Crippen LogP contribution < -0.4 is 5.56 Å². The molecule has 0 spiro atoms. The minimum atomic E-state index is -0.792. The Balaban J connectivity index is 2.43. The van der Waals surface area contributed by atoms with E-state index >= 15 is 0 Å². The number of rotatable bonds is 4. The molecule has 21 heavy (non-hydrogen) atoms. The largest absolute Gasteiger partial charge is 0.389 e. The highest BCUT2D eigenvalue weighted by Gasteiger charge is 2.18. The third-order valence-corrected chi connectivity index (χ3v) is 3.67. The Morgan fingerprint density at radius 2 is 2.14 bits per heavy atom. The molecule has 1 atom stereocenters. The van der Waals surface area contributed by atoms with Gasteiger partial charge in [-0.3, -0.25) is 14.9 Å². The molecule has 1 aromatic heterocycles. The SMILES string of the molecule is Cc1cc(=O)[nH]c(Sc2ccc(C(C)O)cc2[N+](=O)[O-])n1. The number of nitrogens with one attached hydrogen (secondary N) is 1. The van der Waals surface area contributed by atoms with Crippen LogP contribution in [-0.4, -0.2) is 20.0 Å². The van der Waals surface area contributed by atoms with Crippen molar-refractivity contribution in [3.8, 4) is 0 Å². The smallest absolute Gasteiger partial charge is 0.283 e. The normalized spacial score (nSPS) is 12.1. The number of aryl methyl sites for hydroxylation is 1. The van der Waals surface area contributed by atoms with Crippen LogP contribution in [0.5, 0.6) is 0 Å². The standard InChI is InChI=1S/C13H13N3O4S/c1-7-5-12(18)15-13(14-7)21-11-4-3-9(8(2)17)6-10(11)16(19)20/h3-6,8,17H,1-2H3,(H,14,15,18). The lowest BCUT2D eigenvalue weighted by Gasteiger charge is -2.07. The number of H-pyrrole nitrogens is 1. The second-order valence-electron chi connectivity index (χ2n) is 4.45. The Morgan fingerprint density at radius 3 is 2.71 bits per heavy atom. The van der Waals surface area contributed by atoms with Crippen molar-refractivity contribution in [2.75, 3.05) is 0 Å². The van der Waals surface area contributed by atoms with Gasteiger partial charge in [-0.15, -0.1) is 0 Å². The topological polar surface area (TPSA) is 109 Å². The molecule has 1 unspecified atom stereocenters. The number of aliphatic hydroxyl groups excluding tert-OH is 1. The minimum absolute atomic E-state index is 0.137. The molecule has 2 N–H and O–H groups in total. The van der Waals surface area contributed by atoms with Crippen molar-refractivity contribution in [3.63, 3.8) is 0 Å². The van der Waals surface area contributed by atoms with Crippen LogP contribution in [0.1, 0.15) is 24.3 Å². The Bertz CT molecular complexity index is 742. The molecule has 0 aliphatic carbocycles. The maximum Gasteiger partial charge on any atom is 0.283 e. The second kappa shape index (κ2) is 6.06. The summed E-state index contributed by atoms with van der Waals surface area (Å²) in [5, 5.41) is 20.9. The predicted molar refractivity (Wildman–Crippen MR) is 77.4 cm³/mol. The Kier molecular flexibility index (Phi) is 4.39. The minimum Gasteiger partial charge on any atom is -0.389 e. The molecule has 1 aromatic carbocycles. The Labute approximate surface area is 124 Å². The zero-order chi connectivity index (χ0) is 15.6. The van der Waals surface area contributed by atoms with Gasteiger partial charge in [0.2, 0.25) is 0 Å². The number of nitrogens with zero attached hydrogens (tertiary/aromatic N) is 2. The van der Waals surface area contributed by atoms with E-state index in [0.717, 1.165) is 11.8 Å². The second-order valence-corrected chi connectivity index (χ2v) is 5.48. The number of hydrogen-bond donors (Lipinski definition) is 2. The molecule has 7 nitrogen and oxygen atoms in total. The summed E-state index contributed by atoms with van der Waals surface area (Å²) in [6.07, 6.45) is -0.792. The van der Waals surface area contributed by atoms with Crippen LogP contribution in [0.3, 0.4) is 0 Å². The van der Waals surface area contributed by atoms with E-state index < -0.39 is 11.0 Å². The van der Waals surface area contributed by atoms with Crippen LogP contribution in [0.4, 0.5) is 5.69 Å². The third kappa shape index (κ3) is 3.67. The number of benzene rings is 1. The van der Waals surface area contributed by atoms with E-state index in [0.29, 0.717) is 16.2 Å². The van der Waals surface area contributed by atoms with E-state index in [1.54, 1.807) is 13.0 Å². The van der Waals surface area contributed by atoms with Crippen LogP contribution in [-0.2, 0) is 0 Å². The molecular weight excluding hydrogens is 294 g/mol. The predicted octanol–water partition coefficient (Wildman–Crippen LogP) is 2.19. The van der Waals surface area contributed by atoms with Gasteiger partial charge in [0, 0.05) is 17.8 Å². The fourth-order valence-corrected chi connectivity index (χ4v) is 2.65. The zero-order valence-electron chi connectivity index (χ0n) is 11.4. The van der Waals surface area contributed by atoms with Crippen LogP contribution in [0.15, 0.2) is 39.1 Å². The monoisotopic (exact) mass is 307 g/mol. The number of hydrogen-bond acceptors (Lipinski definition) is 6. The van der Waals surface area contributed by atoms with Gasteiger partial charge in [-0.25, -0.2) is 4.98 Å². The number of nitro groups is 1. The van der Waals surface area contributed by atoms with Crippen molar-refractivity contribution in [1.29, 1.82) is 0 Å². The molecule has 0 bridgehead atoms. The lowest BCUT2D eigenvalue weighted by atomic mass is 10.1. The van der Waals surface area contributed by atoms with E-state index in [-0.39, 0.29) is 16.4 Å². The van der Waals surface area contributed by atoms with Crippen molar-refractivity contribution in [3.05, 3.63) is 56.0 Å². The summed E-state index contributed by atoms with van der Waals surface area (Å²) >= 11 is 1.00. The molecule has 110 valence electrons. The highest BCUT2D eigenvalue weighted by Crippen LogP contribution is 2.34. The van der Waals surface area contributed by atoms with Crippen LogP contribution >= 0.6 is 11.8 Å². The average molecular weight is 307 g/mol. The molecule has 0 saturated heterocycles. The maximum absolute atomic E-state index is 11.4. The van der Waals surface area contributed by atoms with E-state index in [4.69, 9.17) is 0 Å². The summed E-state index contributed by atoms with van der Waals surface area (Å²) < 4.78 is 0. The molecule has 0 amide bonds. The number of nitro benzene ring substituents is 1. The number of aliphatic hydroxyl groups is 1. The summed E-state index contributed by atoms with van der Waals surface area (Å²) in [4.78, 5) is 29.0. The fourth-order valence-electron chi connectivity index (χ4n) is 1.73. The van der Waals surface area contributed by atoms with Gasteiger partial charge in [0.25, 0.3) is 11.2 Å². The zero-order valence-corrected chi connectivity index (χ0v) is 12.2. The van der Waals surface area contributed by atoms with Crippen LogP contribution in [0.25, 0.3) is 0 Å². The van der Waals surface area contributed by atoms with Gasteiger partial charge in [0.05, 0.1) is 15.9 Å². The van der Waals surface area contributed by atoms with Crippen molar-refractivity contribution >= 4 is 17.4 Å². The average Bonchev–Trinajstić information content (AvgIpc) is 2.37. The summed E-state index contributed by atoms with van der Waals surface area (Å²) in [6.45, 7) is 3.20. The third-order valence-electron chi connectivity index (χ3n) is 2.72. The molecule has 8 heteroatoms. The lowest BCUT2D eigenvalue weighted by Crippen LogP contribution is -2.08. The lowest BCUT2D eigenvalue weighted by molar-refractivity contribution is -0.387. The van der Waals surface area contributed by atoms with E-state index in [1.165, 1.54) is 25.1 Å². The van der Waals surface area contributed by atoms with Crippen molar-refractivity contribution in [1.82, 2.24) is 9.97 Å². The van der Waals surface area contributed by atoms with Crippen LogP contribution in [0.2, 0.25) is 0 Å². The molecule has 0 saturated carbocycles. The molecule has 0 radical (unpaired) electrons. The maximum atomic E-state index is 11.4. The first-order valence-electron chi connectivity index (χ1n) is 6.09. The Hall–Kier alpha value is -2.19. The van der Waals surface area contributed by atoms with Gasteiger partial charge in [0.1, 0.15) is 0 Å². The van der Waals surface area contributed by atoms with Crippen molar-refractivity contribution in [2.45, 2.75) is 30.0 Å². The summed E-state index contributed by atoms with van der Waals surface area (Å²) in [6, 6.07) is 5.80. The summed E-state index contributed by atoms with van der Waals surface area (Å²) in [7, 11) is 0. The van der Waals surface area contributed by atoms with Gasteiger partial charge in [-0.2, -0.15) is 0 Å². The number of aromatic nitrogens is 2. The van der Waals surface area contributed by atoms with E-state index in [9.17, 15) is 20.0 Å². The van der Waals surface area contributed by atoms with Gasteiger partial charge in [0.15, 0.2) is 5.16 Å². The van der Waals surface area contributed by atoms with Crippen LogP contribution in [0, 0.1) is 17.0 Å². The van der Waals surface area contributed by atoms with Gasteiger partial charge in [-0.05, 0) is 37.2 Å². The first-order valence-corrected chi connectivity index (χ1v) is 6.90.